The zero-order valence-corrected chi connectivity index (χ0v) is 52.4. The number of nitrogens with zero attached hydrogens (tertiary/aromatic N) is 5. The second kappa shape index (κ2) is 30.1. The smallest absolute Gasteiger partial charge is 0.201 e. The lowest BCUT2D eigenvalue weighted by Gasteiger charge is -2.08. The second-order valence-electron chi connectivity index (χ2n) is 22.4. The van der Waals surface area contributed by atoms with Crippen molar-refractivity contribution in [1.29, 1.82) is 0 Å². The molecule has 0 radical (unpaired) electrons. The van der Waals surface area contributed by atoms with Gasteiger partial charge in [-0.3, -0.25) is 0 Å². The fourth-order valence-corrected chi connectivity index (χ4v) is 10.0. The number of hydrogen-bond acceptors (Lipinski definition) is 0. The van der Waals surface area contributed by atoms with Gasteiger partial charge in [0.2, 0.25) is 28.5 Å². The van der Waals surface area contributed by atoms with E-state index in [-0.39, 0.29) is 0 Å². The van der Waals surface area contributed by atoms with Crippen molar-refractivity contribution in [3.8, 4) is 56.3 Å². The van der Waals surface area contributed by atoms with E-state index in [4.69, 9.17) is 4.11 Å². The molecule has 0 atom stereocenters. The molecule has 0 amide bonds. The summed E-state index contributed by atoms with van der Waals surface area (Å²) in [7, 11) is 10.3. The normalized spacial score (nSPS) is 11.3. The van der Waals surface area contributed by atoms with Crippen LogP contribution in [-0.2, 0) is 48.1 Å². The van der Waals surface area contributed by atoms with Crippen LogP contribution in [0, 0.1) is 48.4 Å². The average Bonchev–Trinajstić information content (AvgIpc) is 2.72. The molecule has 10 aromatic rings. The van der Waals surface area contributed by atoms with Crippen molar-refractivity contribution in [2.75, 3.05) is 0 Å². The first-order valence-electron chi connectivity index (χ1n) is 30.7. The lowest BCUT2D eigenvalue weighted by atomic mass is 9.99. The molecule has 422 valence electrons. The van der Waals surface area contributed by atoms with Crippen LogP contribution in [0.1, 0.15) is 119 Å². The summed E-state index contributed by atoms with van der Waals surface area (Å²) >= 11 is 0. The Morgan fingerprint density at radius 2 is 0.683 bits per heavy atom. The molecule has 0 N–H and O–H groups in total. The fraction of sp³-hybridized carbons (Fsp3) is 0.286. The molecular formula is C77H94N5+5. The van der Waals surface area contributed by atoms with Gasteiger partial charge in [0.1, 0.15) is 35.2 Å². The second-order valence-corrected chi connectivity index (χ2v) is 22.4. The van der Waals surface area contributed by atoms with E-state index in [0.717, 1.165) is 29.7 Å². The lowest BCUT2D eigenvalue weighted by Crippen LogP contribution is -2.31. The van der Waals surface area contributed by atoms with Gasteiger partial charge in [0.05, 0.1) is 0 Å². The Bertz CT molecular complexity index is 3830. The van der Waals surface area contributed by atoms with Crippen molar-refractivity contribution < 1.29 is 26.9 Å². The minimum Gasteiger partial charge on any atom is -0.201 e. The molecular weight excluding hydrogens is 995 g/mol. The topological polar surface area (TPSA) is 19.4 Å². The molecule has 0 spiro atoms. The first kappa shape index (κ1) is 58.5. The van der Waals surface area contributed by atoms with Crippen molar-refractivity contribution in [2.45, 2.75) is 115 Å². The molecule has 0 aliphatic rings. The molecule has 0 aliphatic heterocycles. The third-order valence-corrected chi connectivity index (χ3v) is 15.5. The Labute approximate surface area is 498 Å². The van der Waals surface area contributed by atoms with Crippen molar-refractivity contribution in [2.24, 2.45) is 35.2 Å². The summed E-state index contributed by atoms with van der Waals surface area (Å²) < 4.78 is 33.3. The molecule has 0 saturated carbocycles. The summed E-state index contributed by atoms with van der Waals surface area (Å²) in [5, 5.41) is 0. The van der Waals surface area contributed by atoms with Crippen molar-refractivity contribution in [1.82, 2.24) is 0 Å². The van der Waals surface area contributed by atoms with Crippen LogP contribution >= 0.6 is 0 Å². The maximum atomic E-state index is 7.55. The molecule has 0 bridgehead atoms. The Morgan fingerprint density at radius 1 is 0.317 bits per heavy atom. The molecule has 10 rings (SSSR count). The van der Waals surface area contributed by atoms with Gasteiger partial charge >= 0.3 is 0 Å². The van der Waals surface area contributed by atoms with Crippen LogP contribution in [0.2, 0.25) is 0 Å². The quantitative estimate of drug-likeness (QED) is 0.128. The van der Waals surface area contributed by atoms with Crippen LogP contribution in [-0.4, -0.2) is 0 Å². The molecule has 0 unspecified atom stereocenters. The largest absolute Gasteiger partial charge is 0.212 e. The first-order valence-corrected chi connectivity index (χ1v) is 29.2. The highest BCUT2D eigenvalue weighted by atomic mass is 14.9. The van der Waals surface area contributed by atoms with Crippen molar-refractivity contribution in [3.05, 3.63) is 268 Å². The molecule has 5 aromatic heterocycles. The Morgan fingerprint density at radius 3 is 1.07 bits per heavy atom. The van der Waals surface area contributed by atoms with Gasteiger partial charge in [0.15, 0.2) is 31.0 Å². The fourth-order valence-electron chi connectivity index (χ4n) is 10.0. The summed E-state index contributed by atoms with van der Waals surface area (Å²) in [5.74, 6) is 1.14. The number of aryl methyl sites for hydroxylation is 14. The van der Waals surface area contributed by atoms with Gasteiger partial charge in [0, 0.05) is 91.1 Å². The highest BCUT2D eigenvalue weighted by Gasteiger charge is 2.18. The van der Waals surface area contributed by atoms with Crippen LogP contribution in [0.5, 0.6) is 0 Å². The molecule has 5 nitrogen and oxygen atoms in total. The van der Waals surface area contributed by atoms with Crippen LogP contribution in [0.3, 0.4) is 0 Å². The van der Waals surface area contributed by atoms with Gasteiger partial charge in [-0.15, -0.1) is 0 Å². The lowest BCUT2D eigenvalue weighted by molar-refractivity contribution is -0.661. The molecule has 82 heavy (non-hydrogen) atoms. The van der Waals surface area contributed by atoms with Gasteiger partial charge in [0.25, 0.3) is 0 Å². The van der Waals surface area contributed by atoms with E-state index < -0.39 is 6.85 Å². The Kier molecular flexibility index (Phi) is 21.4. The van der Waals surface area contributed by atoms with Crippen LogP contribution < -0.4 is 22.8 Å². The van der Waals surface area contributed by atoms with Crippen molar-refractivity contribution >= 4 is 0 Å². The molecule has 5 heterocycles. The maximum Gasteiger partial charge on any atom is 0.212 e. The molecule has 0 fully saturated rings. The van der Waals surface area contributed by atoms with Gasteiger partial charge in [-0.1, -0.05) is 133 Å². The minimum absolute atomic E-state index is 0.410. The van der Waals surface area contributed by atoms with E-state index in [0.29, 0.717) is 17.4 Å². The van der Waals surface area contributed by atoms with Gasteiger partial charge in [-0.25, -0.2) is 22.8 Å². The number of pyridine rings is 5. The van der Waals surface area contributed by atoms with E-state index >= 15 is 0 Å². The van der Waals surface area contributed by atoms with Crippen LogP contribution in [0.4, 0.5) is 0 Å². The van der Waals surface area contributed by atoms with E-state index in [2.05, 4.69) is 305 Å². The summed E-state index contributed by atoms with van der Waals surface area (Å²) in [4.78, 5) is 0. The highest BCUT2D eigenvalue weighted by Crippen LogP contribution is 2.26. The number of hydrogen-bond donors (Lipinski definition) is 0. The molecule has 5 heteroatoms. The first-order chi connectivity index (χ1) is 40.4. The highest BCUT2D eigenvalue weighted by molar-refractivity contribution is 5.64. The predicted octanol–water partition coefficient (Wildman–Crippen LogP) is 16.4. The van der Waals surface area contributed by atoms with E-state index in [1.165, 1.54) is 95.1 Å². The van der Waals surface area contributed by atoms with E-state index in [1.807, 2.05) is 36.7 Å². The van der Waals surface area contributed by atoms with Crippen LogP contribution in [0.15, 0.2) is 207 Å². The zero-order valence-electron chi connectivity index (χ0n) is 55.4. The summed E-state index contributed by atoms with van der Waals surface area (Å²) in [6, 6.07) is 62.0. The minimum atomic E-state index is -2.06. The zero-order chi connectivity index (χ0) is 62.1. The monoisotopic (exact) mass is 1090 g/mol. The molecule has 0 aliphatic carbocycles. The third-order valence-electron chi connectivity index (χ3n) is 15.5. The SMILES string of the molecule is CCc1cc[n+](C)c(-c2ccccc2C)c1.CCc1ccc(-c2ccccc2C)[n+](C)c1.Cc1ccccc1-c1cc(C(C)C)cc[n+]1C.Cc1ccccc1-c1ccc(C(C)C)c[n+]1C.[2H]C([2H])([2H])c1c[n+](C)c(-c2ccccc2C)cc1C. The standard InChI is InChI=1S/2C16H20N.3C15H18N/c1-12(2)14-9-10-17(4)16(11-14)15-8-6-5-7-13(15)3;1-12(2)14-9-10-16(17(4)11-14)15-8-6-5-7-13(15)3;1-11-7-5-6-8-14(11)15-9-12(2)13(3)10-16(15)4;1-4-13-9-10-16(3)15(11-13)14-8-6-5-7-12(14)2;1-4-13-9-10-15(16(3)11-13)14-8-6-5-7-12(14)2/h2*5-12H,1-4H3;5-10H,1-4H3;2*5-11H,4H2,1-3H3/q5*+1/i;;3D3;;. The third kappa shape index (κ3) is 16.7. The Balaban J connectivity index is 0.000000170. The summed E-state index contributed by atoms with van der Waals surface area (Å²) in [6.07, 6.45) is 12.6. The summed E-state index contributed by atoms with van der Waals surface area (Å²) in [6.45, 7) is 23.8. The van der Waals surface area contributed by atoms with Gasteiger partial charge in [-0.2, -0.15) is 0 Å². The molecule has 5 aromatic carbocycles. The van der Waals surface area contributed by atoms with Crippen molar-refractivity contribution in [3.63, 3.8) is 0 Å². The predicted molar refractivity (Wildman–Crippen MR) is 345 cm³/mol. The molecule has 0 saturated heterocycles. The number of rotatable bonds is 9. The van der Waals surface area contributed by atoms with E-state index in [9.17, 15) is 0 Å². The maximum absolute atomic E-state index is 7.55. The number of benzene rings is 5. The van der Waals surface area contributed by atoms with Gasteiger partial charge < -0.3 is 0 Å². The summed E-state index contributed by atoms with van der Waals surface area (Å²) in [5.41, 5.74) is 25.8. The Hall–Kier alpha value is -8.15. The van der Waals surface area contributed by atoms with Gasteiger partial charge in [-0.05, 0) is 160 Å². The van der Waals surface area contributed by atoms with E-state index in [1.54, 1.807) is 6.20 Å². The average molecular weight is 1090 g/mol. The number of aromatic nitrogens is 5. The van der Waals surface area contributed by atoms with Crippen LogP contribution in [0.25, 0.3) is 56.3 Å².